The van der Waals surface area contributed by atoms with Crippen LogP contribution in [0.3, 0.4) is 0 Å². The molecule has 0 aliphatic heterocycles. The number of carbonyl (C=O) groups excluding carboxylic acids is 1. The largest absolute Gasteiger partial charge is 0.497 e. The van der Waals surface area contributed by atoms with Gasteiger partial charge in [0.15, 0.2) is 0 Å². The number of methoxy groups -OCH3 is 1. The summed E-state index contributed by atoms with van der Waals surface area (Å²) in [4.78, 5) is 22.9. The molecule has 120 valence electrons. The molecule has 0 aliphatic carbocycles. The number of rotatable bonds is 6. The van der Waals surface area contributed by atoms with Crippen LogP contribution < -0.4 is 15.8 Å². The summed E-state index contributed by atoms with van der Waals surface area (Å²) in [5, 5.41) is 11.6. The van der Waals surface area contributed by atoms with Crippen molar-refractivity contribution in [2.75, 3.05) is 12.4 Å². The molecule has 0 saturated carbocycles. The Bertz CT molecular complexity index is 698. The summed E-state index contributed by atoms with van der Waals surface area (Å²) in [5.41, 5.74) is 7.38. The highest BCUT2D eigenvalue weighted by Crippen LogP contribution is 2.16. The number of carbonyl (C=O) groups is 2. The van der Waals surface area contributed by atoms with Gasteiger partial charge in [-0.05, 0) is 42.3 Å². The van der Waals surface area contributed by atoms with Gasteiger partial charge in [-0.15, -0.1) is 0 Å². The lowest BCUT2D eigenvalue weighted by Gasteiger charge is -2.09. The zero-order chi connectivity index (χ0) is 16.8. The summed E-state index contributed by atoms with van der Waals surface area (Å²) in [6.45, 7) is 0. The molecule has 0 spiro atoms. The van der Waals surface area contributed by atoms with Crippen molar-refractivity contribution < 1.29 is 19.4 Å². The van der Waals surface area contributed by atoms with Gasteiger partial charge in [-0.3, -0.25) is 9.59 Å². The van der Waals surface area contributed by atoms with Crippen LogP contribution in [-0.4, -0.2) is 30.1 Å². The van der Waals surface area contributed by atoms with Crippen molar-refractivity contribution in [3.8, 4) is 5.75 Å². The SMILES string of the molecule is COc1cccc(C(=O)Nc2ccc(CC(N)C(=O)O)cc2)c1. The van der Waals surface area contributed by atoms with Gasteiger partial charge in [0.05, 0.1) is 7.11 Å². The summed E-state index contributed by atoms with van der Waals surface area (Å²) < 4.78 is 5.09. The van der Waals surface area contributed by atoms with E-state index in [1.165, 1.54) is 7.11 Å². The number of amides is 1. The smallest absolute Gasteiger partial charge is 0.320 e. The van der Waals surface area contributed by atoms with Gasteiger partial charge in [0.1, 0.15) is 11.8 Å². The van der Waals surface area contributed by atoms with Gasteiger partial charge < -0.3 is 20.9 Å². The molecular formula is C17H18N2O4. The highest BCUT2D eigenvalue weighted by atomic mass is 16.5. The lowest BCUT2D eigenvalue weighted by atomic mass is 10.1. The quantitative estimate of drug-likeness (QED) is 0.756. The molecular weight excluding hydrogens is 296 g/mol. The first-order valence-electron chi connectivity index (χ1n) is 7.02. The molecule has 1 unspecified atom stereocenters. The molecule has 1 amide bonds. The number of anilines is 1. The molecule has 0 fully saturated rings. The zero-order valence-electron chi connectivity index (χ0n) is 12.7. The molecule has 0 heterocycles. The maximum absolute atomic E-state index is 12.2. The van der Waals surface area contributed by atoms with Crippen LogP contribution in [0.5, 0.6) is 5.75 Å². The minimum absolute atomic E-state index is 0.236. The van der Waals surface area contributed by atoms with Crippen LogP contribution in [0.2, 0.25) is 0 Å². The van der Waals surface area contributed by atoms with E-state index >= 15 is 0 Å². The summed E-state index contributed by atoms with van der Waals surface area (Å²) in [6.07, 6.45) is 0.236. The molecule has 1 atom stereocenters. The van der Waals surface area contributed by atoms with E-state index in [-0.39, 0.29) is 12.3 Å². The van der Waals surface area contributed by atoms with Crippen LogP contribution in [-0.2, 0) is 11.2 Å². The molecule has 2 aromatic carbocycles. The van der Waals surface area contributed by atoms with Crippen LogP contribution in [0.15, 0.2) is 48.5 Å². The molecule has 0 aliphatic rings. The van der Waals surface area contributed by atoms with Crippen molar-refractivity contribution >= 4 is 17.6 Å². The van der Waals surface area contributed by atoms with Gasteiger partial charge in [-0.1, -0.05) is 18.2 Å². The predicted molar refractivity (Wildman–Crippen MR) is 86.7 cm³/mol. The summed E-state index contributed by atoms with van der Waals surface area (Å²) in [7, 11) is 1.54. The van der Waals surface area contributed by atoms with E-state index < -0.39 is 12.0 Å². The van der Waals surface area contributed by atoms with Gasteiger partial charge in [0.25, 0.3) is 5.91 Å². The predicted octanol–water partition coefficient (Wildman–Crippen LogP) is 1.90. The molecule has 4 N–H and O–H groups in total. The second-order valence-electron chi connectivity index (χ2n) is 5.03. The van der Waals surface area contributed by atoms with E-state index in [1.54, 1.807) is 48.5 Å². The molecule has 0 saturated heterocycles. The first-order chi connectivity index (χ1) is 11.0. The molecule has 6 nitrogen and oxygen atoms in total. The lowest BCUT2D eigenvalue weighted by Crippen LogP contribution is -2.32. The van der Waals surface area contributed by atoms with E-state index in [1.807, 2.05) is 0 Å². The fourth-order valence-electron chi connectivity index (χ4n) is 2.03. The molecule has 2 rings (SSSR count). The van der Waals surface area contributed by atoms with Gasteiger partial charge in [-0.25, -0.2) is 0 Å². The third-order valence-electron chi connectivity index (χ3n) is 3.32. The number of hydrogen-bond donors (Lipinski definition) is 3. The summed E-state index contributed by atoms with van der Waals surface area (Å²) in [5.74, 6) is -0.685. The lowest BCUT2D eigenvalue weighted by molar-refractivity contribution is -0.138. The van der Waals surface area contributed by atoms with Gasteiger partial charge in [0, 0.05) is 11.3 Å². The van der Waals surface area contributed by atoms with Gasteiger partial charge >= 0.3 is 5.97 Å². The minimum Gasteiger partial charge on any atom is -0.497 e. The highest BCUT2D eigenvalue weighted by molar-refractivity contribution is 6.04. The number of nitrogens with two attached hydrogens (primary N) is 1. The fourth-order valence-corrected chi connectivity index (χ4v) is 2.03. The Kier molecular flexibility index (Phi) is 5.32. The number of aliphatic carboxylic acids is 1. The van der Waals surface area contributed by atoms with E-state index in [2.05, 4.69) is 5.32 Å². The highest BCUT2D eigenvalue weighted by Gasteiger charge is 2.12. The van der Waals surface area contributed by atoms with Crippen LogP contribution in [0.1, 0.15) is 15.9 Å². The Balaban J connectivity index is 2.02. The monoisotopic (exact) mass is 314 g/mol. The van der Waals surface area contributed by atoms with Crippen LogP contribution >= 0.6 is 0 Å². The van der Waals surface area contributed by atoms with E-state index in [9.17, 15) is 9.59 Å². The minimum atomic E-state index is -1.04. The Hall–Kier alpha value is -2.86. The van der Waals surface area contributed by atoms with Crippen LogP contribution in [0.25, 0.3) is 0 Å². The second kappa shape index (κ2) is 7.42. The first-order valence-corrected chi connectivity index (χ1v) is 7.02. The Morgan fingerprint density at radius 2 is 1.91 bits per heavy atom. The van der Waals surface area contributed by atoms with Gasteiger partial charge in [-0.2, -0.15) is 0 Å². The maximum Gasteiger partial charge on any atom is 0.320 e. The summed E-state index contributed by atoms with van der Waals surface area (Å²) >= 11 is 0. The molecule has 0 bridgehead atoms. The van der Waals surface area contributed by atoms with Crippen LogP contribution in [0, 0.1) is 0 Å². The van der Waals surface area contributed by atoms with E-state index in [0.717, 1.165) is 5.56 Å². The second-order valence-corrected chi connectivity index (χ2v) is 5.03. The number of benzene rings is 2. The third-order valence-corrected chi connectivity index (χ3v) is 3.32. The van der Waals surface area contributed by atoms with Crippen molar-refractivity contribution in [2.24, 2.45) is 5.73 Å². The van der Waals surface area contributed by atoms with E-state index in [4.69, 9.17) is 15.6 Å². The Morgan fingerprint density at radius 3 is 2.52 bits per heavy atom. The standard InChI is InChI=1S/C17H18N2O4/c1-23-14-4-2-3-12(10-14)16(20)19-13-7-5-11(6-8-13)9-15(18)17(21)22/h2-8,10,15H,9,18H2,1H3,(H,19,20)(H,21,22). The number of ether oxygens (including phenoxy) is 1. The number of carboxylic acid groups (broad SMARTS) is 1. The van der Waals surface area contributed by atoms with E-state index in [0.29, 0.717) is 17.0 Å². The number of nitrogens with one attached hydrogen (secondary N) is 1. The van der Waals surface area contributed by atoms with Gasteiger partial charge in [0.2, 0.25) is 0 Å². The normalized spacial score (nSPS) is 11.6. The molecule has 23 heavy (non-hydrogen) atoms. The maximum atomic E-state index is 12.2. The van der Waals surface area contributed by atoms with Crippen molar-refractivity contribution in [3.05, 3.63) is 59.7 Å². The average molecular weight is 314 g/mol. The zero-order valence-corrected chi connectivity index (χ0v) is 12.7. The molecule has 0 aromatic heterocycles. The van der Waals surface area contributed by atoms with Crippen molar-refractivity contribution in [2.45, 2.75) is 12.5 Å². The topological polar surface area (TPSA) is 102 Å². The molecule has 6 heteroatoms. The molecule has 0 radical (unpaired) electrons. The Morgan fingerprint density at radius 1 is 1.22 bits per heavy atom. The summed E-state index contributed by atoms with van der Waals surface area (Å²) in [6, 6.07) is 12.8. The number of hydrogen-bond acceptors (Lipinski definition) is 4. The molecule has 2 aromatic rings. The third kappa shape index (κ3) is 4.55. The Labute approximate surface area is 133 Å². The average Bonchev–Trinajstić information content (AvgIpc) is 2.56. The van der Waals surface area contributed by atoms with Crippen LogP contribution in [0.4, 0.5) is 5.69 Å². The van der Waals surface area contributed by atoms with Crippen molar-refractivity contribution in [1.82, 2.24) is 0 Å². The van der Waals surface area contributed by atoms with Crippen molar-refractivity contribution in [1.29, 1.82) is 0 Å². The van der Waals surface area contributed by atoms with Crippen molar-refractivity contribution in [3.63, 3.8) is 0 Å². The fraction of sp³-hybridized carbons (Fsp3) is 0.176. The first kappa shape index (κ1) is 16.5. The number of carboxylic acids is 1.